The summed E-state index contributed by atoms with van der Waals surface area (Å²) in [5.74, 6) is 0.756. The van der Waals surface area contributed by atoms with E-state index in [0.717, 1.165) is 24.3 Å². The van der Waals surface area contributed by atoms with Crippen molar-refractivity contribution < 1.29 is 9.47 Å². The van der Waals surface area contributed by atoms with Gasteiger partial charge in [0, 0.05) is 12.8 Å². The number of nitrogens with two attached hydrogens (primary N) is 1. The van der Waals surface area contributed by atoms with Gasteiger partial charge in [-0.25, -0.2) is 0 Å². The van der Waals surface area contributed by atoms with Crippen LogP contribution in [0.1, 0.15) is 31.9 Å². The van der Waals surface area contributed by atoms with Gasteiger partial charge < -0.3 is 15.2 Å². The molecule has 1 aromatic heterocycles. The van der Waals surface area contributed by atoms with Crippen molar-refractivity contribution in [2.75, 3.05) is 19.8 Å². The van der Waals surface area contributed by atoms with Gasteiger partial charge in [-0.1, -0.05) is 6.92 Å². The molecule has 0 saturated carbocycles. The Bertz CT molecular complexity index is 305. The van der Waals surface area contributed by atoms with Gasteiger partial charge >= 0.3 is 0 Å². The first-order chi connectivity index (χ1) is 7.77. The Morgan fingerprint density at radius 1 is 1.38 bits per heavy atom. The summed E-state index contributed by atoms with van der Waals surface area (Å²) in [7, 11) is 0. The maximum atomic E-state index is 5.98. The molecule has 1 aromatic rings. The van der Waals surface area contributed by atoms with Crippen molar-refractivity contribution in [3.63, 3.8) is 0 Å². The van der Waals surface area contributed by atoms with Gasteiger partial charge in [-0.15, -0.1) is 0 Å². The fourth-order valence-electron chi connectivity index (χ4n) is 1.33. The molecular weight excluding hydrogens is 204 g/mol. The molecule has 4 heteroatoms. The molecule has 4 nitrogen and oxygen atoms in total. The third-order valence-electron chi connectivity index (χ3n) is 2.12. The lowest BCUT2D eigenvalue weighted by atomic mass is 10.1. The van der Waals surface area contributed by atoms with E-state index < -0.39 is 0 Å². The predicted octanol–water partition coefficient (Wildman–Crippen LogP) is 1.91. The van der Waals surface area contributed by atoms with Crippen LogP contribution >= 0.6 is 0 Å². The van der Waals surface area contributed by atoms with Gasteiger partial charge in [-0.05, 0) is 25.0 Å². The molecule has 0 fully saturated rings. The van der Waals surface area contributed by atoms with Crippen molar-refractivity contribution in [1.29, 1.82) is 0 Å². The summed E-state index contributed by atoms with van der Waals surface area (Å²) in [5.41, 5.74) is 6.93. The topological polar surface area (TPSA) is 57.4 Å². The Hall–Kier alpha value is -1.13. The molecule has 2 N–H and O–H groups in total. The van der Waals surface area contributed by atoms with Crippen LogP contribution in [0.5, 0.6) is 5.75 Å². The minimum atomic E-state index is -0.139. The van der Waals surface area contributed by atoms with Crippen LogP contribution in [0.3, 0.4) is 0 Å². The Kier molecular flexibility index (Phi) is 5.82. The van der Waals surface area contributed by atoms with Crippen molar-refractivity contribution in [1.82, 2.24) is 4.98 Å². The van der Waals surface area contributed by atoms with Crippen LogP contribution in [0.4, 0.5) is 0 Å². The zero-order valence-electron chi connectivity index (χ0n) is 9.98. The first kappa shape index (κ1) is 12.9. The molecule has 0 radical (unpaired) electrons. The van der Waals surface area contributed by atoms with Gasteiger partial charge in [0.05, 0.1) is 25.5 Å². The fourth-order valence-corrected chi connectivity index (χ4v) is 1.33. The highest BCUT2D eigenvalue weighted by Crippen LogP contribution is 2.16. The lowest BCUT2D eigenvalue weighted by molar-refractivity contribution is 0.121. The van der Waals surface area contributed by atoms with E-state index in [-0.39, 0.29) is 6.04 Å². The van der Waals surface area contributed by atoms with E-state index in [9.17, 15) is 0 Å². The number of nitrogens with zero attached hydrogens (tertiary/aromatic N) is 1. The molecule has 0 amide bonds. The van der Waals surface area contributed by atoms with E-state index >= 15 is 0 Å². The van der Waals surface area contributed by atoms with E-state index in [1.54, 1.807) is 12.4 Å². The summed E-state index contributed by atoms with van der Waals surface area (Å²) >= 11 is 0. The van der Waals surface area contributed by atoms with Gasteiger partial charge in [-0.2, -0.15) is 0 Å². The van der Waals surface area contributed by atoms with Crippen LogP contribution in [-0.2, 0) is 4.74 Å². The third-order valence-corrected chi connectivity index (χ3v) is 2.12. The van der Waals surface area contributed by atoms with Gasteiger partial charge in [0.25, 0.3) is 0 Å². The van der Waals surface area contributed by atoms with Crippen molar-refractivity contribution in [3.8, 4) is 5.75 Å². The normalized spacial score (nSPS) is 12.4. The van der Waals surface area contributed by atoms with Crippen molar-refractivity contribution in [2.45, 2.75) is 26.3 Å². The van der Waals surface area contributed by atoms with E-state index in [0.29, 0.717) is 13.2 Å². The second kappa shape index (κ2) is 7.19. The number of aromatic nitrogens is 1. The SMILES string of the molecule is CCCOCC(N)c1cncc(OCC)c1. The molecule has 1 heterocycles. The Labute approximate surface area is 96.8 Å². The maximum absolute atomic E-state index is 5.98. The highest BCUT2D eigenvalue weighted by Gasteiger charge is 2.07. The number of ether oxygens (including phenoxy) is 2. The number of hydrogen-bond acceptors (Lipinski definition) is 4. The quantitative estimate of drug-likeness (QED) is 0.719. The Balaban J connectivity index is 2.53. The predicted molar refractivity (Wildman–Crippen MR) is 63.4 cm³/mol. The molecule has 0 aliphatic heterocycles. The van der Waals surface area contributed by atoms with Gasteiger partial charge in [0.2, 0.25) is 0 Å². The monoisotopic (exact) mass is 224 g/mol. The molecule has 1 rings (SSSR count). The number of rotatable bonds is 7. The van der Waals surface area contributed by atoms with Crippen LogP contribution in [0.25, 0.3) is 0 Å². The molecule has 0 aliphatic rings. The molecule has 0 aliphatic carbocycles. The molecule has 90 valence electrons. The van der Waals surface area contributed by atoms with E-state index in [2.05, 4.69) is 11.9 Å². The highest BCUT2D eigenvalue weighted by atomic mass is 16.5. The summed E-state index contributed by atoms with van der Waals surface area (Å²) in [6.07, 6.45) is 4.44. The van der Waals surface area contributed by atoms with Crippen LogP contribution in [0.2, 0.25) is 0 Å². The van der Waals surface area contributed by atoms with Crippen LogP contribution in [0, 0.1) is 0 Å². The summed E-state index contributed by atoms with van der Waals surface area (Å²) in [5, 5.41) is 0. The van der Waals surface area contributed by atoms with Crippen molar-refractivity contribution >= 4 is 0 Å². The highest BCUT2D eigenvalue weighted by molar-refractivity contribution is 5.25. The minimum absolute atomic E-state index is 0.139. The Morgan fingerprint density at radius 3 is 2.88 bits per heavy atom. The molecule has 1 atom stereocenters. The van der Waals surface area contributed by atoms with Crippen LogP contribution in [0.15, 0.2) is 18.5 Å². The first-order valence-corrected chi connectivity index (χ1v) is 5.69. The lowest BCUT2D eigenvalue weighted by Gasteiger charge is -2.13. The van der Waals surface area contributed by atoms with Gasteiger partial charge in [0.1, 0.15) is 5.75 Å². The molecule has 0 spiro atoms. The summed E-state index contributed by atoms with van der Waals surface area (Å²) in [4.78, 5) is 4.09. The smallest absolute Gasteiger partial charge is 0.137 e. The summed E-state index contributed by atoms with van der Waals surface area (Å²) in [6, 6.07) is 1.77. The minimum Gasteiger partial charge on any atom is -0.492 e. The lowest BCUT2D eigenvalue weighted by Crippen LogP contribution is -2.17. The van der Waals surface area contributed by atoms with Crippen LogP contribution in [-0.4, -0.2) is 24.8 Å². The number of pyridine rings is 1. The second-order valence-electron chi connectivity index (χ2n) is 3.57. The van der Waals surface area contributed by atoms with Crippen molar-refractivity contribution in [3.05, 3.63) is 24.0 Å². The van der Waals surface area contributed by atoms with Crippen molar-refractivity contribution in [2.24, 2.45) is 5.73 Å². The molecule has 0 saturated heterocycles. The summed E-state index contributed by atoms with van der Waals surface area (Å²) < 4.78 is 10.8. The fraction of sp³-hybridized carbons (Fsp3) is 0.583. The molecule has 1 unspecified atom stereocenters. The first-order valence-electron chi connectivity index (χ1n) is 5.69. The van der Waals surface area contributed by atoms with E-state index in [1.165, 1.54) is 0 Å². The second-order valence-corrected chi connectivity index (χ2v) is 3.57. The van der Waals surface area contributed by atoms with E-state index in [1.807, 2.05) is 13.0 Å². The average molecular weight is 224 g/mol. The zero-order chi connectivity index (χ0) is 11.8. The molecule has 0 aromatic carbocycles. The standard InChI is InChI=1S/C12H20N2O2/c1-3-5-15-9-12(13)10-6-11(16-4-2)8-14-7-10/h6-8,12H,3-5,9,13H2,1-2H3. The molecule has 0 bridgehead atoms. The number of hydrogen-bond donors (Lipinski definition) is 1. The Morgan fingerprint density at radius 2 is 2.19 bits per heavy atom. The van der Waals surface area contributed by atoms with Gasteiger partial charge in [-0.3, -0.25) is 4.98 Å². The largest absolute Gasteiger partial charge is 0.492 e. The average Bonchev–Trinajstić information content (AvgIpc) is 2.30. The zero-order valence-corrected chi connectivity index (χ0v) is 9.98. The maximum Gasteiger partial charge on any atom is 0.137 e. The summed E-state index contributed by atoms with van der Waals surface area (Å²) in [6.45, 7) is 5.91. The molecular formula is C12H20N2O2. The third kappa shape index (κ3) is 4.16. The molecule has 16 heavy (non-hydrogen) atoms. The van der Waals surface area contributed by atoms with Crippen LogP contribution < -0.4 is 10.5 Å². The van der Waals surface area contributed by atoms with E-state index in [4.69, 9.17) is 15.2 Å². The van der Waals surface area contributed by atoms with Gasteiger partial charge in [0.15, 0.2) is 0 Å².